The molecule has 1 aliphatic rings. The van der Waals surface area contributed by atoms with Crippen molar-refractivity contribution < 1.29 is 0 Å². The molecule has 0 aromatic heterocycles. The number of hydrogen-bond donors (Lipinski definition) is 1. The van der Waals surface area contributed by atoms with Crippen molar-refractivity contribution in [2.24, 2.45) is 0 Å². The third kappa shape index (κ3) is 2.63. The Bertz CT molecular complexity index is 396. The molecule has 0 amide bonds. The van der Waals surface area contributed by atoms with Crippen LogP contribution in [0.25, 0.3) is 0 Å². The van der Waals surface area contributed by atoms with Gasteiger partial charge < -0.3 is 10.2 Å². The maximum absolute atomic E-state index is 3.37. The highest BCUT2D eigenvalue weighted by molar-refractivity contribution is 5.59. The van der Waals surface area contributed by atoms with Crippen LogP contribution < -0.4 is 10.2 Å². The molecule has 1 aliphatic heterocycles. The van der Waals surface area contributed by atoms with Crippen molar-refractivity contribution in [2.45, 2.75) is 39.2 Å². The summed E-state index contributed by atoms with van der Waals surface area (Å²) in [6, 6.07) is 6.98. The van der Waals surface area contributed by atoms with E-state index in [2.05, 4.69) is 49.2 Å². The number of likely N-dealkylation sites (N-methyl/N-ethyl adjacent to an activating group) is 2. The highest BCUT2D eigenvalue weighted by Gasteiger charge is 2.20. The van der Waals surface area contributed by atoms with Crippen LogP contribution >= 0.6 is 0 Å². The second kappa shape index (κ2) is 4.69. The average Bonchev–Trinajstić information content (AvgIpc) is 2.70. The molecule has 0 saturated carbocycles. The standard InChI is InChI=1S/C15H24N2/c1-5-17-9-8-13-10-12(6-7-14(13)17)11-15(2,3)16-4/h6-7,10,16H,5,8-9,11H2,1-4H3. The summed E-state index contributed by atoms with van der Waals surface area (Å²) in [5.74, 6) is 0. The van der Waals surface area contributed by atoms with Crippen molar-refractivity contribution in [3.63, 3.8) is 0 Å². The van der Waals surface area contributed by atoms with E-state index in [4.69, 9.17) is 0 Å². The van der Waals surface area contributed by atoms with Gasteiger partial charge in [-0.05, 0) is 57.9 Å². The van der Waals surface area contributed by atoms with Gasteiger partial charge >= 0.3 is 0 Å². The number of rotatable bonds is 4. The van der Waals surface area contributed by atoms with E-state index in [1.807, 2.05) is 7.05 Å². The molecular weight excluding hydrogens is 208 g/mol. The molecule has 0 unspecified atom stereocenters. The summed E-state index contributed by atoms with van der Waals surface area (Å²) < 4.78 is 0. The fourth-order valence-corrected chi connectivity index (χ4v) is 2.56. The lowest BCUT2D eigenvalue weighted by Gasteiger charge is -2.24. The zero-order valence-electron chi connectivity index (χ0n) is 11.5. The lowest BCUT2D eigenvalue weighted by atomic mass is 9.94. The molecule has 0 atom stereocenters. The molecule has 1 aromatic rings. The summed E-state index contributed by atoms with van der Waals surface area (Å²) in [5.41, 5.74) is 4.59. The van der Waals surface area contributed by atoms with Crippen LogP contribution in [0, 0.1) is 0 Å². The molecule has 17 heavy (non-hydrogen) atoms. The van der Waals surface area contributed by atoms with Gasteiger partial charge in [-0.2, -0.15) is 0 Å². The van der Waals surface area contributed by atoms with Crippen LogP contribution in [-0.2, 0) is 12.8 Å². The molecule has 94 valence electrons. The van der Waals surface area contributed by atoms with Gasteiger partial charge in [0.1, 0.15) is 0 Å². The van der Waals surface area contributed by atoms with Crippen LogP contribution in [0.1, 0.15) is 31.9 Å². The maximum atomic E-state index is 3.37. The number of fused-ring (bicyclic) bond motifs is 1. The average molecular weight is 232 g/mol. The smallest absolute Gasteiger partial charge is 0.0399 e. The van der Waals surface area contributed by atoms with Crippen molar-refractivity contribution >= 4 is 5.69 Å². The van der Waals surface area contributed by atoms with Crippen molar-refractivity contribution in [1.29, 1.82) is 0 Å². The number of hydrogen-bond acceptors (Lipinski definition) is 2. The van der Waals surface area contributed by atoms with Crippen molar-refractivity contribution in [2.75, 3.05) is 25.0 Å². The molecule has 0 radical (unpaired) electrons. The minimum atomic E-state index is 0.178. The fourth-order valence-electron chi connectivity index (χ4n) is 2.56. The van der Waals surface area contributed by atoms with E-state index in [1.165, 1.54) is 29.8 Å². The Labute approximate surface area is 105 Å². The Morgan fingerprint density at radius 3 is 2.76 bits per heavy atom. The molecule has 1 heterocycles. The summed E-state index contributed by atoms with van der Waals surface area (Å²) in [6.45, 7) is 9.03. The van der Waals surface area contributed by atoms with Gasteiger partial charge in [-0.3, -0.25) is 0 Å². The van der Waals surface area contributed by atoms with E-state index >= 15 is 0 Å². The van der Waals surface area contributed by atoms with Crippen molar-refractivity contribution in [3.8, 4) is 0 Å². The third-order valence-corrected chi connectivity index (χ3v) is 3.84. The summed E-state index contributed by atoms with van der Waals surface area (Å²) in [5, 5.41) is 3.37. The van der Waals surface area contributed by atoms with Gasteiger partial charge in [-0.15, -0.1) is 0 Å². The SMILES string of the molecule is CCN1CCc2cc(CC(C)(C)NC)ccc21. The maximum Gasteiger partial charge on any atom is 0.0399 e. The van der Waals surface area contributed by atoms with Gasteiger partial charge in [0.2, 0.25) is 0 Å². The number of nitrogens with one attached hydrogen (secondary N) is 1. The quantitative estimate of drug-likeness (QED) is 0.858. The van der Waals surface area contributed by atoms with Crippen molar-refractivity contribution in [1.82, 2.24) is 5.32 Å². The topological polar surface area (TPSA) is 15.3 Å². The zero-order chi connectivity index (χ0) is 12.5. The highest BCUT2D eigenvalue weighted by atomic mass is 15.1. The Kier molecular flexibility index (Phi) is 3.43. The van der Waals surface area contributed by atoms with Gasteiger partial charge in [-0.25, -0.2) is 0 Å². The van der Waals surface area contributed by atoms with Crippen LogP contribution in [0.2, 0.25) is 0 Å². The molecule has 0 aliphatic carbocycles. The number of nitrogens with zero attached hydrogens (tertiary/aromatic N) is 1. The molecule has 0 fully saturated rings. The van der Waals surface area contributed by atoms with E-state index in [0.717, 1.165) is 13.0 Å². The molecule has 2 nitrogen and oxygen atoms in total. The predicted octanol–water partition coefficient (Wildman–Crippen LogP) is 2.61. The van der Waals surface area contributed by atoms with E-state index in [0.29, 0.717) is 0 Å². The normalized spacial score (nSPS) is 15.2. The first kappa shape index (κ1) is 12.4. The molecule has 0 saturated heterocycles. The second-order valence-corrected chi connectivity index (χ2v) is 5.60. The van der Waals surface area contributed by atoms with Gasteiger partial charge in [0.25, 0.3) is 0 Å². The fraction of sp³-hybridized carbons (Fsp3) is 0.600. The van der Waals surface area contributed by atoms with Gasteiger partial charge in [0, 0.05) is 24.3 Å². The highest BCUT2D eigenvalue weighted by Crippen LogP contribution is 2.29. The molecule has 2 rings (SSSR count). The Morgan fingerprint density at radius 2 is 2.12 bits per heavy atom. The molecule has 0 spiro atoms. The number of benzene rings is 1. The van der Waals surface area contributed by atoms with E-state index < -0.39 is 0 Å². The zero-order valence-corrected chi connectivity index (χ0v) is 11.5. The first-order chi connectivity index (χ1) is 8.05. The van der Waals surface area contributed by atoms with Crippen LogP contribution in [0.15, 0.2) is 18.2 Å². The Hall–Kier alpha value is -1.02. The lowest BCUT2D eigenvalue weighted by Crippen LogP contribution is -2.38. The summed E-state index contributed by atoms with van der Waals surface area (Å²) in [6.07, 6.45) is 2.29. The Balaban J connectivity index is 2.18. The van der Waals surface area contributed by atoms with Gasteiger partial charge in [0.05, 0.1) is 0 Å². The van der Waals surface area contributed by atoms with Crippen LogP contribution in [0.3, 0.4) is 0 Å². The number of anilines is 1. The molecule has 1 N–H and O–H groups in total. The van der Waals surface area contributed by atoms with Crippen LogP contribution in [-0.4, -0.2) is 25.7 Å². The van der Waals surface area contributed by atoms with Crippen LogP contribution in [0.5, 0.6) is 0 Å². The van der Waals surface area contributed by atoms with Gasteiger partial charge in [0.15, 0.2) is 0 Å². The van der Waals surface area contributed by atoms with E-state index in [-0.39, 0.29) is 5.54 Å². The minimum Gasteiger partial charge on any atom is -0.371 e. The summed E-state index contributed by atoms with van der Waals surface area (Å²) in [7, 11) is 2.03. The Morgan fingerprint density at radius 1 is 1.35 bits per heavy atom. The predicted molar refractivity (Wildman–Crippen MR) is 74.9 cm³/mol. The monoisotopic (exact) mass is 232 g/mol. The molecular formula is C15H24N2. The largest absolute Gasteiger partial charge is 0.371 e. The molecule has 1 aromatic carbocycles. The van der Waals surface area contributed by atoms with Crippen LogP contribution in [0.4, 0.5) is 5.69 Å². The molecule has 2 heteroatoms. The first-order valence-electron chi connectivity index (χ1n) is 6.61. The second-order valence-electron chi connectivity index (χ2n) is 5.60. The van der Waals surface area contributed by atoms with E-state index in [1.54, 1.807) is 0 Å². The summed E-state index contributed by atoms with van der Waals surface area (Å²) in [4.78, 5) is 2.46. The minimum absolute atomic E-state index is 0.178. The van der Waals surface area contributed by atoms with E-state index in [9.17, 15) is 0 Å². The van der Waals surface area contributed by atoms with Crippen molar-refractivity contribution in [3.05, 3.63) is 29.3 Å². The third-order valence-electron chi connectivity index (χ3n) is 3.84. The summed E-state index contributed by atoms with van der Waals surface area (Å²) >= 11 is 0. The molecule has 0 bridgehead atoms. The van der Waals surface area contributed by atoms with Gasteiger partial charge in [-0.1, -0.05) is 12.1 Å². The first-order valence-corrected chi connectivity index (χ1v) is 6.61. The lowest BCUT2D eigenvalue weighted by molar-refractivity contribution is 0.422.